The fourth-order valence-electron chi connectivity index (χ4n) is 2.02. The van der Waals surface area contributed by atoms with Crippen LogP contribution in [0.1, 0.15) is 18.1 Å². The summed E-state index contributed by atoms with van der Waals surface area (Å²) < 4.78 is 0. The first-order chi connectivity index (χ1) is 11.0. The first kappa shape index (κ1) is 17.0. The summed E-state index contributed by atoms with van der Waals surface area (Å²) in [4.78, 5) is 29.2. The van der Waals surface area contributed by atoms with Gasteiger partial charge in [0.2, 0.25) is 11.8 Å². The maximum atomic E-state index is 12.0. The quantitative estimate of drug-likeness (QED) is 0.884. The average Bonchev–Trinajstić information content (AvgIpc) is 2.55. The maximum absolute atomic E-state index is 12.0. The number of carbonyl (C=O) groups is 2. The van der Waals surface area contributed by atoms with E-state index >= 15 is 0 Å². The van der Waals surface area contributed by atoms with E-state index in [1.54, 1.807) is 24.5 Å². The van der Waals surface area contributed by atoms with Crippen LogP contribution in [0.25, 0.3) is 0 Å². The number of benzene rings is 1. The van der Waals surface area contributed by atoms with E-state index in [9.17, 15) is 9.59 Å². The Morgan fingerprint density at radius 3 is 2.35 bits per heavy atom. The third-order valence-electron chi connectivity index (χ3n) is 3.31. The van der Waals surface area contributed by atoms with Crippen molar-refractivity contribution in [1.29, 1.82) is 0 Å². The molecule has 1 N–H and O–H groups in total. The topological polar surface area (TPSA) is 62.3 Å². The van der Waals surface area contributed by atoms with Gasteiger partial charge in [0.15, 0.2) is 0 Å². The lowest BCUT2D eigenvalue weighted by atomic mass is 10.2. The first-order valence-corrected chi connectivity index (χ1v) is 7.58. The van der Waals surface area contributed by atoms with Crippen LogP contribution in [-0.4, -0.2) is 28.2 Å². The number of nitrogens with zero attached hydrogens (tertiary/aromatic N) is 2. The van der Waals surface area contributed by atoms with E-state index in [0.717, 1.165) is 11.1 Å². The van der Waals surface area contributed by atoms with E-state index in [0.29, 0.717) is 18.1 Å². The zero-order valence-corrected chi connectivity index (χ0v) is 13.6. The van der Waals surface area contributed by atoms with Crippen LogP contribution in [0, 0.1) is 0 Å². The number of rotatable bonds is 6. The molecule has 1 heterocycles. The Bertz CT molecular complexity index is 659. The number of halogens is 1. The van der Waals surface area contributed by atoms with Crippen molar-refractivity contribution in [3.63, 3.8) is 0 Å². The molecule has 1 aromatic heterocycles. The molecule has 0 saturated heterocycles. The van der Waals surface area contributed by atoms with Gasteiger partial charge in [-0.1, -0.05) is 23.7 Å². The molecule has 0 bridgehead atoms. The maximum Gasteiger partial charge on any atom is 0.239 e. The van der Waals surface area contributed by atoms with E-state index in [-0.39, 0.29) is 18.4 Å². The molecule has 5 nitrogen and oxygen atoms in total. The van der Waals surface area contributed by atoms with E-state index in [1.807, 2.05) is 24.3 Å². The normalized spacial score (nSPS) is 10.2. The van der Waals surface area contributed by atoms with Gasteiger partial charge in [0.25, 0.3) is 0 Å². The Hall–Kier alpha value is -2.40. The minimum absolute atomic E-state index is 0.0169. The smallest absolute Gasteiger partial charge is 0.239 e. The van der Waals surface area contributed by atoms with Crippen LogP contribution in [0.4, 0.5) is 0 Å². The monoisotopic (exact) mass is 331 g/mol. The molecule has 0 radical (unpaired) electrons. The van der Waals surface area contributed by atoms with Gasteiger partial charge in [0.1, 0.15) is 0 Å². The molecule has 0 unspecified atom stereocenters. The summed E-state index contributed by atoms with van der Waals surface area (Å²) in [7, 11) is 0. The van der Waals surface area contributed by atoms with Crippen LogP contribution in [0.15, 0.2) is 48.8 Å². The predicted octanol–water partition coefficient (Wildman–Crippen LogP) is 2.40. The molecule has 2 amide bonds. The van der Waals surface area contributed by atoms with Crippen molar-refractivity contribution < 1.29 is 9.59 Å². The molecule has 2 rings (SSSR count). The lowest BCUT2D eigenvalue weighted by molar-refractivity contribution is -0.135. The van der Waals surface area contributed by atoms with E-state index in [1.165, 1.54) is 11.8 Å². The van der Waals surface area contributed by atoms with Crippen LogP contribution in [-0.2, 0) is 22.7 Å². The molecular formula is C17H18ClN3O2. The highest BCUT2D eigenvalue weighted by Gasteiger charge is 2.14. The summed E-state index contributed by atoms with van der Waals surface area (Å²) in [6.45, 7) is 2.25. The first-order valence-electron chi connectivity index (χ1n) is 7.20. The number of aromatic nitrogens is 1. The van der Waals surface area contributed by atoms with E-state index in [4.69, 9.17) is 11.6 Å². The summed E-state index contributed by atoms with van der Waals surface area (Å²) in [6, 6.07) is 10.9. The Morgan fingerprint density at radius 1 is 1.09 bits per heavy atom. The van der Waals surface area contributed by atoms with Crippen molar-refractivity contribution >= 4 is 23.4 Å². The molecule has 6 heteroatoms. The van der Waals surface area contributed by atoms with Crippen LogP contribution >= 0.6 is 11.6 Å². The van der Waals surface area contributed by atoms with Gasteiger partial charge in [-0.2, -0.15) is 0 Å². The molecule has 0 spiro atoms. The molecule has 0 atom stereocenters. The Kier molecular flexibility index (Phi) is 6.11. The van der Waals surface area contributed by atoms with Gasteiger partial charge in [-0.05, 0) is 35.4 Å². The molecule has 0 saturated carbocycles. The van der Waals surface area contributed by atoms with Gasteiger partial charge in [-0.15, -0.1) is 0 Å². The zero-order valence-electron chi connectivity index (χ0n) is 12.8. The molecule has 0 aliphatic rings. The van der Waals surface area contributed by atoms with Gasteiger partial charge >= 0.3 is 0 Å². The fourth-order valence-corrected chi connectivity index (χ4v) is 2.15. The largest absolute Gasteiger partial charge is 0.350 e. The fraction of sp³-hybridized carbons (Fsp3) is 0.235. The van der Waals surface area contributed by atoms with Crippen LogP contribution in [0.3, 0.4) is 0 Å². The van der Waals surface area contributed by atoms with E-state index < -0.39 is 0 Å². The standard InChI is InChI=1S/C17H18ClN3O2/c1-13(22)21(11-15-2-4-16(18)5-3-15)12-17(23)20-10-14-6-8-19-9-7-14/h2-9H,10-12H2,1H3,(H,20,23). The number of amides is 2. The Labute approximate surface area is 140 Å². The van der Waals surface area contributed by atoms with Crippen molar-refractivity contribution in [2.24, 2.45) is 0 Å². The van der Waals surface area contributed by atoms with Gasteiger partial charge in [-0.25, -0.2) is 0 Å². The molecule has 0 fully saturated rings. The third-order valence-corrected chi connectivity index (χ3v) is 3.56. The van der Waals surface area contributed by atoms with Gasteiger partial charge in [-0.3, -0.25) is 14.6 Å². The highest BCUT2D eigenvalue weighted by molar-refractivity contribution is 6.30. The number of nitrogens with one attached hydrogen (secondary N) is 1. The lowest BCUT2D eigenvalue weighted by Gasteiger charge is -2.20. The molecular weight excluding hydrogens is 314 g/mol. The minimum Gasteiger partial charge on any atom is -0.350 e. The SMILES string of the molecule is CC(=O)N(CC(=O)NCc1ccncc1)Cc1ccc(Cl)cc1. The van der Waals surface area contributed by atoms with Gasteiger partial charge in [0, 0.05) is 37.4 Å². The van der Waals surface area contributed by atoms with Crippen molar-refractivity contribution in [1.82, 2.24) is 15.2 Å². The second kappa shape index (κ2) is 8.29. The number of pyridine rings is 1. The molecule has 1 aromatic carbocycles. The number of hydrogen-bond acceptors (Lipinski definition) is 3. The summed E-state index contributed by atoms with van der Waals surface area (Å²) >= 11 is 5.85. The average molecular weight is 332 g/mol. The van der Waals surface area contributed by atoms with Crippen LogP contribution < -0.4 is 5.32 Å². The van der Waals surface area contributed by atoms with Crippen molar-refractivity contribution in [2.75, 3.05) is 6.54 Å². The molecule has 120 valence electrons. The zero-order chi connectivity index (χ0) is 16.7. The van der Waals surface area contributed by atoms with Crippen LogP contribution in [0.5, 0.6) is 0 Å². The van der Waals surface area contributed by atoms with Gasteiger partial charge in [0.05, 0.1) is 6.54 Å². The Balaban J connectivity index is 1.89. The second-order valence-electron chi connectivity index (χ2n) is 5.13. The van der Waals surface area contributed by atoms with Gasteiger partial charge < -0.3 is 10.2 Å². The van der Waals surface area contributed by atoms with Crippen molar-refractivity contribution in [3.8, 4) is 0 Å². The second-order valence-corrected chi connectivity index (χ2v) is 5.57. The Morgan fingerprint density at radius 2 is 1.74 bits per heavy atom. The van der Waals surface area contributed by atoms with Crippen molar-refractivity contribution in [2.45, 2.75) is 20.0 Å². The van der Waals surface area contributed by atoms with Crippen molar-refractivity contribution in [3.05, 3.63) is 64.9 Å². The summed E-state index contributed by atoms with van der Waals surface area (Å²) in [5.41, 5.74) is 1.88. The molecule has 0 aliphatic heterocycles. The molecule has 0 aliphatic carbocycles. The summed E-state index contributed by atoms with van der Waals surface area (Å²) in [5.74, 6) is -0.356. The lowest BCUT2D eigenvalue weighted by Crippen LogP contribution is -2.39. The molecule has 23 heavy (non-hydrogen) atoms. The molecule has 2 aromatic rings. The number of carbonyl (C=O) groups excluding carboxylic acids is 2. The summed E-state index contributed by atoms with van der Waals surface area (Å²) in [5, 5.41) is 3.43. The third kappa shape index (κ3) is 5.71. The number of hydrogen-bond donors (Lipinski definition) is 1. The highest BCUT2D eigenvalue weighted by atomic mass is 35.5. The van der Waals surface area contributed by atoms with Crippen LogP contribution in [0.2, 0.25) is 5.02 Å². The highest BCUT2D eigenvalue weighted by Crippen LogP contribution is 2.11. The minimum atomic E-state index is -0.203. The van der Waals surface area contributed by atoms with E-state index in [2.05, 4.69) is 10.3 Å². The summed E-state index contributed by atoms with van der Waals surface area (Å²) in [6.07, 6.45) is 3.34. The predicted molar refractivity (Wildman–Crippen MR) is 88.6 cm³/mol.